The van der Waals surface area contributed by atoms with Crippen molar-refractivity contribution in [3.05, 3.63) is 56.4 Å². The minimum atomic E-state index is -0.225. The molecule has 0 saturated carbocycles. The molecular weight excluding hydrogens is 359 g/mol. The van der Waals surface area contributed by atoms with Gasteiger partial charge in [0.2, 0.25) is 0 Å². The van der Waals surface area contributed by atoms with Crippen molar-refractivity contribution >= 4 is 44.6 Å². The van der Waals surface area contributed by atoms with Crippen LogP contribution in [0.5, 0.6) is 0 Å². The van der Waals surface area contributed by atoms with E-state index in [0.717, 1.165) is 15.9 Å². The molecule has 0 aliphatic carbocycles. The number of halogens is 2. The first-order chi connectivity index (χ1) is 9.54. The van der Waals surface area contributed by atoms with E-state index < -0.39 is 0 Å². The highest BCUT2D eigenvalue weighted by Crippen LogP contribution is 2.22. The molecule has 0 aliphatic heterocycles. The smallest absolute Gasteiger partial charge is 0.169 e. The number of benzene rings is 1. The summed E-state index contributed by atoms with van der Waals surface area (Å²) >= 11 is 10.5. The van der Waals surface area contributed by atoms with Crippen molar-refractivity contribution in [2.45, 2.75) is 13.1 Å². The van der Waals surface area contributed by atoms with E-state index in [1.165, 1.54) is 17.0 Å². The van der Waals surface area contributed by atoms with Gasteiger partial charge >= 0.3 is 0 Å². The molecule has 0 aliphatic rings. The van der Waals surface area contributed by atoms with Crippen LogP contribution in [0.4, 0.5) is 4.39 Å². The van der Waals surface area contributed by atoms with Crippen LogP contribution in [-0.4, -0.2) is 17.1 Å². The van der Waals surface area contributed by atoms with Gasteiger partial charge in [-0.3, -0.25) is 0 Å². The van der Waals surface area contributed by atoms with Crippen LogP contribution < -0.4 is 5.32 Å². The lowest BCUT2D eigenvalue weighted by Gasteiger charge is -2.20. The second kappa shape index (κ2) is 7.15. The number of rotatable bonds is 4. The molecule has 1 heterocycles. The second-order valence-corrected chi connectivity index (χ2v) is 7.28. The van der Waals surface area contributed by atoms with E-state index in [1.807, 2.05) is 18.0 Å². The van der Waals surface area contributed by atoms with Crippen molar-refractivity contribution in [2.24, 2.45) is 0 Å². The molecule has 1 aromatic heterocycles. The fourth-order valence-corrected chi connectivity index (χ4v) is 3.33. The molecule has 2 rings (SSSR count). The second-order valence-electron chi connectivity index (χ2n) is 4.35. The number of hydrogen-bond acceptors (Lipinski definition) is 2. The van der Waals surface area contributed by atoms with Gasteiger partial charge in [-0.25, -0.2) is 4.39 Å². The Morgan fingerprint density at radius 2 is 2.00 bits per heavy atom. The minimum Gasteiger partial charge on any atom is -0.358 e. The highest BCUT2D eigenvalue weighted by molar-refractivity contribution is 9.11. The Balaban J connectivity index is 1.83. The average molecular weight is 373 g/mol. The van der Waals surface area contributed by atoms with Crippen molar-refractivity contribution in [3.8, 4) is 0 Å². The molecular formula is C14H14BrFN2S2. The van der Waals surface area contributed by atoms with Crippen molar-refractivity contribution in [1.82, 2.24) is 10.2 Å². The minimum absolute atomic E-state index is 0.225. The number of hydrogen-bond donors (Lipinski definition) is 1. The molecule has 0 radical (unpaired) electrons. The Kier molecular flexibility index (Phi) is 5.51. The monoisotopic (exact) mass is 372 g/mol. The summed E-state index contributed by atoms with van der Waals surface area (Å²) < 4.78 is 13.9. The maximum absolute atomic E-state index is 12.8. The van der Waals surface area contributed by atoms with Crippen molar-refractivity contribution < 1.29 is 4.39 Å². The van der Waals surface area contributed by atoms with E-state index in [2.05, 4.69) is 27.3 Å². The molecule has 0 saturated heterocycles. The molecule has 20 heavy (non-hydrogen) atoms. The normalized spacial score (nSPS) is 10.3. The molecule has 2 aromatic rings. The SMILES string of the molecule is CN(Cc1ccc(Br)s1)C(=S)NCc1ccc(F)cc1. The van der Waals surface area contributed by atoms with E-state index in [9.17, 15) is 4.39 Å². The summed E-state index contributed by atoms with van der Waals surface area (Å²) in [5, 5.41) is 3.85. The van der Waals surface area contributed by atoms with Gasteiger partial charge in [-0.1, -0.05) is 12.1 Å². The fourth-order valence-electron chi connectivity index (χ4n) is 1.66. The first-order valence-corrected chi connectivity index (χ1v) is 8.04. The maximum Gasteiger partial charge on any atom is 0.169 e. The third kappa shape index (κ3) is 4.54. The number of thiophene rings is 1. The molecule has 0 amide bonds. The van der Waals surface area contributed by atoms with Crippen molar-refractivity contribution in [1.29, 1.82) is 0 Å². The largest absolute Gasteiger partial charge is 0.358 e. The Morgan fingerprint density at radius 3 is 2.60 bits per heavy atom. The fraction of sp³-hybridized carbons (Fsp3) is 0.214. The van der Waals surface area contributed by atoms with Gasteiger partial charge in [-0.05, 0) is 58.0 Å². The molecule has 6 heteroatoms. The first kappa shape index (κ1) is 15.4. The lowest BCUT2D eigenvalue weighted by atomic mass is 10.2. The van der Waals surface area contributed by atoms with E-state index in [0.29, 0.717) is 11.7 Å². The quantitative estimate of drug-likeness (QED) is 0.811. The molecule has 106 valence electrons. The highest BCUT2D eigenvalue weighted by atomic mass is 79.9. The molecule has 0 atom stereocenters. The predicted molar refractivity (Wildman–Crippen MR) is 89.3 cm³/mol. The molecule has 0 unspecified atom stereocenters. The Hall–Kier alpha value is -0.980. The van der Waals surface area contributed by atoms with Crippen LogP contribution in [0.3, 0.4) is 0 Å². The number of nitrogens with zero attached hydrogens (tertiary/aromatic N) is 1. The Labute approximate surface area is 135 Å². The summed E-state index contributed by atoms with van der Waals surface area (Å²) in [6, 6.07) is 10.5. The summed E-state index contributed by atoms with van der Waals surface area (Å²) in [5.41, 5.74) is 1.00. The highest BCUT2D eigenvalue weighted by Gasteiger charge is 2.06. The van der Waals surface area contributed by atoms with Crippen molar-refractivity contribution in [3.63, 3.8) is 0 Å². The third-order valence-corrected chi connectivity index (χ3v) is 4.79. The first-order valence-electron chi connectivity index (χ1n) is 6.02. The molecule has 1 N–H and O–H groups in total. The van der Waals surface area contributed by atoms with Crippen molar-refractivity contribution in [2.75, 3.05) is 7.05 Å². The van der Waals surface area contributed by atoms with Crippen LogP contribution >= 0.6 is 39.5 Å². The van der Waals surface area contributed by atoms with Crippen LogP contribution in [0, 0.1) is 5.82 Å². The van der Waals surface area contributed by atoms with Gasteiger partial charge in [0.1, 0.15) is 5.82 Å². The van der Waals surface area contributed by atoms with Crippen LogP contribution in [0.2, 0.25) is 0 Å². The molecule has 0 spiro atoms. The van der Waals surface area contributed by atoms with Crippen LogP contribution in [0.25, 0.3) is 0 Å². The molecule has 0 fully saturated rings. The van der Waals surface area contributed by atoms with Crippen LogP contribution in [0.15, 0.2) is 40.2 Å². The molecule has 1 aromatic carbocycles. The van der Waals surface area contributed by atoms with E-state index in [-0.39, 0.29) is 5.82 Å². The predicted octanol–water partition coefficient (Wildman–Crippen LogP) is 4.16. The maximum atomic E-state index is 12.8. The lowest BCUT2D eigenvalue weighted by molar-refractivity contribution is 0.493. The zero-order valence-electron chi connectivity index (χ0n) is 10.9. The van der Waals surface area contributed by atoms with Gasteiger partial charge in [0.15, 0.2) is 5.11 Å². The van der Waals surface area contributed by atoms with Gasteiger partial charge in [0.25, 0.3) is 0 Å². The zero-order valence-corrected chi connectivity index (χ0v) is 14.1. The third-order valence-electron chi connectivity index (χ3n) is 2.73. The summed E-state index contributed by atoms with van der Waals surface area (Å²) in [4.78, 5) is 3.22. The van der Waals surface area contributed by atoms with E-state index in [1.54, 1.807) is 23.5 Å². The van der Waals surface area contributed by atoms with Gasteiger partial charge in [0, 0.05) is 18.5 Å². The summed E-state index contributed by atoms with van der Waals surface area (Å²) in [6.45, 7) is 1.36. The summed E-state index contributed by atoms with van der Waals surface area (Å²) in [5.74, 6) is -0.225. The topological polar surface area (TPSA) is 15.3 Å². The average Bonchev–Trinajstić information content (AvgIpc) is 2.83. The van der Waals surface area contributed by atoms with Crippen LogP contribution in [0.1, 0.15) is 10.4 Å². The number of nitrogens with one attached hydrogen (secondary N) is 1. The van der Waals surface area contributed by atoms with E-state index >= 15 is 0 Å². The Morgan fingerprint density at radius 1 is 1.30 bits per heavy atom. The summed E-state index contributed by atoms with van der Waals surface area (Å²) in [6.07, 6.45) is 0. The van der Waals surface area contributed by atoms with Gasteiger partial charge < -0.3 is 10.2 Å². The van der Waals surface area contributed by atoms with Gasteiger partial charge in [-0.15, -0.1) is 11.3 Å². The standard InChI is InChI=1S/C14H14BrFN2S2/c1-18(9-12-6-7-13(15)20-12)14(19)17-8-10-2-4-11(16)5-3-10/h2-7H,8-9H2,1H3,(H,17,19). The Bertz CT molecular complexity index is 583. The zero-order chi connectivity index (χ0) is 14.5. The van der Waals surface area contributed by atoms with Gasteiger partial charge in [0.05, 0.1) is 10.3 Å². The summed E-state index contributed by atoms with van der Waals surface area (Å²) in [7, 11) is 1.95. The van der Waals surface area contributed by atoms with Crippen LogP contribution in [-0.2, 0) is 13.1 Å². The van der Waals surface area contributed by atoms with Gasteiger partial charge in [-0.2, -0.15) is 0 Å². The molecule has 2 nitrogen and oxygen atoms in total. The van der Waals surface area contributed by atoms with E-state index in [4.69, 9.17) is 12.2 Å². The number of thiocarbonyl (C=S) groups is 1. The molecule has 0 bridgehead atoms. The lowest BCUT2D eigenvalue weighted by Crippen LogP contribution is -2.35.